The second kappa shape index (κ2) is 7.12. The predicted octanol–water partition coefficient (Wildman–Crippen LogP) is 2.47. The molecule has 0 unspecified atom stereocenters. The highest BCUT2D eigenvalue weighted by Gasteiger charge is 2.14. The van der Waals surface area contributed by atoms with Gasteiger partial charge in [0.15, 0.2) is 0 Å². The third-order valence-corrected chi connectivity index (χ3v) is 3.00. The fourth-order valence-electron chi connectivity index (χ4n) is 1.40. The van der Waals surface area contributed by atoms with E-state index in [1.54, 1.807) is 18.7 Å². The molecule has 4 heteroatoms. The lowest BCUT2D eigenvalue weighted by Gasteiger charge is -2.03. The number of esters is 1. The van der Waals surface area contributed by atoms with Crippen molar-refractivity contribution in [1.29, 1.82) is 0 Å². The van der Waals surface area contributed by atoms with Gasteiger partial charge in [0.2, 0.25) is 5.78 Å². The van der Waals surface area contributed by atoms with E-state index in [-0.39, 0.29) is 13.0 Å². The number of carbonyl (C=O) groups is 2. The smallest absolute Gasteiger partial charge is 0.374 e. The van der Waals surface area contributed by atoms with Gasteiger partial charge in [0.1, 0.15) is 0 Å². The molecule has 92 valence electrons. The molecular formula is C13H16O3S. The van der Waals surface area contributed by atoms with Gasteiger partial charge in [-0.1, -0.05) is 12.1 Å². The van der Waals surface area contributed by atoms with E-state index in [0.29, 0.717) is 6.42 Å². The lowest BCUT2D eigenvalue weighted by molar-refractivity contribution is -0.153. The molecule has 0 bridgehead atoms. The summed E-state index contributed by atoms with van der Waals surface area (Å²) in [5, 5.41) is 0. The third kappa shape index (κ3) is 4.61. The summed E-state index contributed by atoms with van der Waals surface area (Å²) in [4.78, 5) is 23.7. The summed E-state index contributed by atoms with van der Waals surface area (Å²) in [6.45, 7) is 1.93. The Labute approximate surface area is 106 Å². The number of Topliss-reactive ketones (excluding diaryl/α,β-unsaturated/α-hetero) is 1. The first-order valence-corrected chi connectivity index (χ1v) is 6.72. The van der Waals surface area contributed by atoms with Gasteiger partial charge < -0.3 is 4.74 Å². The molecule has 17 heavy (non-hydrogen) atoms. The first-order valence-electron chi connectivity index (χ1n) is 5.50. The van der Waals surface area contributed by atoms with E-state index in [9.17, 15) is 9.59 Å². The summed E-state index contributed by atoms with van der Waals surface area (Å²) >= 11 is 1.66. The Bertz CT molecular complexity index is 401. The largest absolute Gasteiger partial charge is 0.460 e. The van der Waals surface area contributed by atoms with Crippen LogP contribution in [-0.4, -0.2) is 24.6 Å². The second-order valence-electron chi connectivity index (χ2n) is 3.50. The fraction of sp³-hybridized carbons (Fsp3) is 0.385. The Morgan fingerprint density at radius 1 is 1.35 bits per heavy atom. The number of ether oxygens (including phenoxy) is 1. The summed E-state index contributed by atoms with van der Waals surface area (Å²) in [7, 11) is 0. The number of aryl methyl sites for hydroxylation is 1. The van der Waals surface area contributed by atoms with Gasteiger partial charge in [-0.3, -0.25) is 4.79 Å². The van der Waals surface area contributed by atoms with Gasteiger partial charge in [-0.15, -0.1) is 11.8 Å². The van der Waals surface area contributed by atoms with E-state index in [1.807, 2.05) is 30.5 Å². The topological polar surface area (TPSA) is 43.4 Å². The quantitative estimate of drug-likeness (QED) is 0.443. The van der Waals surface area contributed by atoms with E-state index >= 15 is 0 Å². The number of carbonyl (C=O) groups excluding carboxylic acids is 2. The molecule has 0 saturated heterocycles. The summed E-state index contributed by atoms with van der Waals surface area (Å²) in [6.07, 6.45) is 2.78. The molecule has 0 N–H and O–H groups in total. The van der Waals surface area contributed by atoms with E-state index in [0.717, 1.165) is 10.5 Å². The predicted molar refractivity (Wildman–Crippen MR) is 68.2 cm³/mol. The molecule has 0 spiro atoms. The SMILES string of the molecule is CCOC(=O)C(=O)CCc1cccc(SC)c1. The van der Waals surface area contributed by atoms with Crippen molar-refractivity contribution in [3.05, 3.63) is 29.8 Å². The van der Waals surface area contributed by atoms with E-state index in [2.05, 4.69) is 4.74 Å². The van der Waals surface area contributed by atoms with Crippen LogP contribution in [0.2, 0.25) is 0 Å². The number of benzene rings is 1. The van der Waals surface area contributed by atoms with Crippen LogP contribution < -0.4 is 0 Å². The van der Waals surface area contributed by atoms with Gasteiger partial charge in [0.05, 0.1) is 6.61 Å². The summed E-state index contributed by atoms with van der Waals surface area (Å²) in [5.74, 6) is -1.19. The lowest BCUT2D eigenvalue weighted by atomic mass is 10.1. The zero-order valence-electron chi connectivity index (χ0n) is 10.1. The second-order valence-corrected chi connectivity index (χ2v) is 4.37. The van der Waals surface area contributed by atoms with Crippen LogP contribution in [0.15, 0.2) is 29.2 Å². The molecule has 3 nitrogen and oxygen atoms in total. The van der Waals surface area contributed by atoms with Crippen LogP contribution in [0, 0.1) is 0 Å². The van der Waals surface area contributed by atoms with Crippen molar-refractivity contribution < 1.29 is 14.3 Å². The highest BCUT2D eigenvalue weighted by Crippen LogP contribution is 2.16. The van der Waals surface area contributed by atoms with E-state index < -0.39 is 11.8 Å². The minimum atomic E-state index is -0.728. The van der Waals surface area contributed by atoms with Crippen LogP contribution in [0.1, 0.15) is 18.9 Å². The van der Waals surface area contributed by atoms with Crippen molar-refractivity contribution in [1.82, 2.24) is 0 Å². The van der Waals surface area contributed by atoms with Crippen LogP contribution in [0.4, 0.5) is 0 Å². The van der Waals surface area contributed by atoms with Gasteiger partial charge >= 0.3 is 5.97 Å². The zero-order chi connectivity index (χ0) is 12.7. The summed E-state index contributed by atoms with van der Waals surface area (Å²) in [5.41, 5.74) is 1.06. The van der Waals surface area contributed by atoms with Gasteiger partial charge in [0.25, 0.3) is 0 Å². The summed E-state index contributed by atoms with van der Waals surface area (Å²) in [6, 6.07) is 7.96. The third-order valence-electron chi connectivity index (χ3n) is 2.28. The maximum atomic E-state index is 11.4. The molecule has 0 aliphatic carbocycles. The minimum absolute atomic E-state index is 0.205. The molecule has 1 rings (SSSR count). The average Bonchev–Trinajstić information content (AvgIpc) is 2.36. The highest BCUT2D eigenvalue weighted by molar-refractivity contribution is 7.98. The zero-order valence-corrected chi connectivity index (χ0v) is 10.9. The number of ketones is 1. The van der Waals surface area contributed by atoms with Gasteiger partial charge in [0, 0.05) is 11.3 Å². The molecule has 0 saturated carbocycles. The van der Waals surface area contributed by atoms with E-state index in [4.69, 9.17) is 0 Å². The first-order chi connectivity index (χ1) is 8.17. The van der Waals surface area contributed by atoms with Crippen LogP contribution >= 0.6 is 11.8 Å². The number of rotatable bonds is 6. The molecular weight excluding hydrogens is 236 g/mol. The molecule has 0 heterocycles. The maximum absolute atomic E-state index is 11.4. The van der Waals surface area contributed by atoms with Crippen LogP contribution in [0.3, 0.4) is 0 Å². The Hall–Kier alpha value is -1.29. The van der Waals surface area contributed by atoms with Crippen molar-refractivity contribution >= 4 is 23.5 Å². The minimum Gasteiger partial charge on any atom is -0.460 e. The Morgan fingerprint density at radius 2 is 2.12 bits per heavy atom. The van der Waals surface area contributed by atoms with Gasteiger partial charge in [-0.05, 0) is 37.3 Å². The molecule has 1 aromatic carbocycles. The molecule has 0 aromatic heterocycles. The van der Waals surface area contributed by atoms with Crippen LogP contribution in [0.25, 0.3) is 0 Å². The molecule has 0 fully saturated rings. The summed E-state index contributed by atoms with van der Waals surface area (Å²) < 4.78 is 4.64. The Balaban J connectivity index is 2.49. The molecule has 0 aliphatic rings. The van der Waals surface area contributed by atoms with Crippen molar-refractivity contribution in [2.24, 2.45) is 0 Å². The molecule has 0 amide bonds. The first kappa shape index (κ1) is 13.8. The van der Waals surface area contributed by atoms with E-state index in [1.165, 1.54) is 0 Å². The number of hydrogen-bond donors (Lipinski definition) is 0. The highest BCUT2D eigenvalue weighted by atomic mass is 32.2. The Morgan fingerprint density at radius 3 is 2.76 bits per heavy atom. The van der Waals surface area contributed by atoms with Crippen molar-refractivity contribution in [3.8, 4) is 0 Å². The number of thioether (sulfide) groups is 1. The normalized spacial score (nSPS) is 10.0. The Kier molecular flexibility index (Phi) is 5.77. The molecule has 1 aromatic rings. The van der Waals surface area contributed by atoms with Crippen molar-refractivity contribution in [2.45, 2.75) is 24.7 Å². The fourth-order valence-corrected chi connectivity index (χ4v) is 1.88. The van der Waals surface area contributed by atoms with Crippen LogP contribution in [-0.2, 0) is 20.7 Å². The number of hydrogen-bond acceptors (Lipinski definition) is 4. The molecule has 0 aliphatic heterocycles. The molecule has 0 atom stereocenters. The van der Waals surface area contributed by atoms with Crippen LogP contribution in [0.5, 0.6) is 0 Å². The maximum Gasteiger partial charge on any atom is 0.374 e. The van der Waals surface area contributed by atoms with Crippen molar-refractivity contribution in [3.63, 3.8) is 0 Å². The van der Waals surface area contributed by atoms with Crippen molar-refractivity contribution in [2.75, 3.05) is 12.9 Å². The average molecular weight is 252 g/mol. The standard InChI is InChI=1S/C13H16O3S/c1-3-16-13(15)12(14)8-7-10-5-4-6-11(9-10)17-2/h4-6,9H,3,7-8H2,1-2H3. The van der Waals surface area contributed by atoms with Gasteiger partial charge in [-0.25, -0.2) is 4.79 Å². The molecule has 0 radical (unpaired) electrons. The van der Waals surface area contributed by atoms with Gasteiger partial charge in [-0.2, -0.15) is 0 Å². The lowest BCUT2D eigenvalue weighted by Crippen LogP contribution is -2.17. The monoisotopic (exact) mass is 252 g/mol.